The zero-order valence-electron chi connectivity index (χ0n) is 15.5. The van der Waals surface area contributed by atoms with Crippen LogP contribution in [0.15, 0.2) is 40.9 Å². The molecule has 28 heavy (non-hydrogen) atoms. The Morgan fingerprint density at radius 2 is 1.86 bits per heavy atom. The summed E-state index contributed by atoms with van der Waals surface area (Å²) in [6.07, 6.45) is 1.78. The molecular weight excluding hydrogens is 415 g/mol. The number of nitrogens with two attached hydrogens (primary N) is 1. The highest BCUT2D eigenvalue weighted by atomic mass is 35.5. The van der Waals surface area contributed by atoms with Crippen molar-refractivity contribution in [3.05, 3.63) is 62.4 Å². The van der Waals surface area contributed by atoms with Gasteiger partial charge in [-0.25, -0.2) is 0 Å². The van der Waals surface area contributed by atoms with Crippen LogP contribution < -0.4 is 5.73 Å². The Labute approximate surface area is 177 Å². The van der Waals surface area contributed by atoms with Crippen molar-refractivity contribution >= 4 is 40.4 Å². The van der Waals surface area contributed by atoms with Gasteiger partial charge in [-0.2, -0.15) is 0 Å². The van der Waals surface area contributed by atoms with Crippen LogP contribution >= 0.6 is 34.5 Å². The lowest BCUT2D eigenvalue weighted by molar-refractivity contribution is 0.318. The topological polar surface area (TPSA) is 78.8 Å². The number of amidine groups is 1. The summed E-state index contributed by atoms with van der Waals surface area (Å²) in [5, 5.41) is 24.9. The Morgan fingerprint density at radius 1 is 1.18 bits per heavy atom. The molecule has 3 aromatic rings. The molecule has 1 aromatic heterocycles. The van der Waals surface area contributed by atoms with Crippen LogP contribution in [-0.2, 0) is 6.42 Å². The summed E-state index contributed by atoms with van der Waals surface area (Å²) in [5.74, 6) is -0.111. The third-order valence-electron chi connectivity index (χ3n) is 4.54. The normalized spacial score (nSPS) is 11.8. The minimum atomic E-state index is -0.151. The number of hydrogen-bond acceptors (Lipinski definition) is 4. The fourth-order valence-electron chi connectivity index (χ4n) is 3.21. The van der Waals surface area contributed by atoms with E-state index in [-0.39, 0.29) is 21.6 Å². The summed E-state index contributed by atoms with van der Waals surface area (Å²) >= 11 is 14.0. The molecule has 0 fully saturated rings. The molecule has 0 aliphatic heterocycles. The number of rotatable bonds is 5. The van der Waals surface area contributed by atoms with Gasteiger partial charge in [0.1, 0.15) is 0 Å². The molecule has 0 bridgehead atoms. The molecule has 4 N–H and O–H groups in total. The first-order valence-corrected chi connectivity index (χ1v) is 10.4. The molecule has 0 amide bonds. The predicted molar refractivity (Wildman–Crippen MR) is 118 cm³/mol. The molecule has 3 rings (SSSR count). The fraction of sp³-hybridized carbons (Fsp3) is 0.190. The molecule has 2 aromatic carbocycles. The minimum absolute atomic E-state index is 0.0398. The van der Waals surface area contributed by atoms with Gasteiger partial charge in [-0.15, -0.1) is 11.3 Å². The van der Waals surface area contributed by atoms with Gasteiger partial charge in [0, 0.05) is 16.0 Å². The Morgan fingerprint density at radius 3 is 2.39 bits per heavy atom. The van der Waals surface area contributed by atoms with Crippen molar-refractivity contribution in [1.29, 1.82) is 0 Å². The quantitative estimate of drug-likeness (QED) is 0.187. The maximum atomic E-state index is 9.96. The van der Waals surface area contributed by atoms with Crippen LogP contribution in [0, 0.1) is 6.92 Å². The lowest BCUT2D eigenvalue weighted by atomic mass is 9.89. The number of benzene rings is 2. The number of thiophene rings is 1. The summed E-state index contributed by atoms with van der Waals surface area (Å²) in [5.41, 5.74) is 11.3. The van der Waals surface area contributed by atoms with Crippen LogP contribution in [0.3, 0.4) is 0 Å². The van der Waals surface area contributed by atoms with Gasteiger partial charge in [0.25, 0.3) is 0 Å². The number of aryl methyl sites for hydroxylation is 2. The summed E-state index contributed by atoms with van der Waals surface area (Å²) in [4.78, 5) is 1.01. The average Bonchev–Trinajstić information content (AvgIpc) is 3.10. The van der Waals surface area contributed by atoms with Gasteiger partial charge in [0.15, 0.2) is 11.6 Å². The number of aromatic hydroxyl groups is 1. The lowest BCUT2D eigenvalue weighted by Crippen LogP contribution is -2.15. The Bertz CT molecular complexity index is 1040. The van der Waals surface area contributed by atoms with E-state index in [1.54, 1.807) is 23.5 Å². The van der Waals surface area contributed by atoms with Gasteiger partial charge in [-0.3, -0.25) is 0 Å². The Kier molecular flexibility index (Phi) is 6.18. The molecule has 4 nitrogen and oxygen atoms in total. The highest BCUT2D eigenvalue weighted by molar-refractivity contribution is 7.13. The van der Waals surface area contributed by atoms with E-state index in [4.69, 9.17) is 28.9 Å². The second-order valence-electron chi connectivity index (χ2n) is 6.52. The Hall–Kier alpha value is -2.21. The van der Waals surface area contributed by atoms with Crippen LogP contribution in [0.5, 0.6) is 5.75 Å². The molecular formula is C21H20Cl2N2O2S. The smallest absolute Gasteiger partial charge is 0.170 e. The van der Waals surface area contributed by atoms with Crippen molar-refractivity contribution in [2.75, 3.05) is 0 Å². The van der Waals surface area contributed by atoms with E-state index in [2.05, 4.69) is 18.1 Å². The van der Waals surface area contributed by atoms with Crippen LogP contribution in [0.4, 0.5) is 0 Å². The highest BCUT2D eigenvalue weighted by Crippen LogP contribution is 2.43. The van der Waals surface area contributed by atoms with E-state index in [1.165, 1.54) is 0 Å². The number of nitrogens with zero attached hydrogens (tertiary/aromatic N) is 1. The highest BCUT2D eigenvalue weighted by Gasteiger charge is 2.21. The van der Waals surface area contributed by atoms with Crippen LogP contribution in [0.25, 0.3) is 21.6 Å². The SMILES string of the molecule is CCCc1cc(/C(N)=N/O)c(-c2sccc2C)c(-c2cc(Cl)c(O)c(Cl)c2)c1. The second-order valence-corrected chi connectivity index (χ2v) is 8.25. The van der Waals surface area contributed by atoms with E-state index in [1.807, 2.05) is 24.4 Å². The molecule has 0 atom stereocenters. The maximum absolute atomic E-state index is 9.96. The number of oxime groups is 1. The van der Waals surface area contributed by atoms with Crippen LogP contribution in [-0.4, -0.2) is 16.1 Å². The summed E-state index contributed by atoms with van der Waals surface area (Å²) in [7, 11) is 0. The monoisotopic (exact) mass is 434 g/mol. The number of phenols is 1. The predicted octanol–water partition coefficient (Wildman–Crippen LogP) is 6.45. The molecule has 0 saturated heterocycles. The molecule has 0 aliphatic carbocycles. The van der Waals surface area contributed by atoms with Crippen molar-refractivity contribution in [3.63, 3.8) is 0 Å². The third kappa shape index (κ3) is 3.83. The van der Waals surface area contributed by atoms with E-state index in [0.717, 1.165) is 45.5 Å². The standard InChI is InChI=1S/C21H20Cl2N2O2S/c1-3-4-12-7-14(13-9-16(22)19(26)17(23)10-13)18(15(8-12)21(24)25-27)20-11(2)5-6-28-20/h5-10,26-27H,3-4H2,1-2H3,(H2,24,25). The lowest BCUT2D eigenvalue weighted by Gasteiger charge is -2.18. The van der Waals surface area contributed by atoms with Crippen molar-refractivity contribution < 1.29 is 10.3 Å². The number of hydrogen-bond donors (Lipinski definition) is 3. The van der Waals surface area contributed by atoms with Crippen molar-refractivity contribution in [2.45, 2.75) is 26.7 Å². The van der Waals surface area contributed by atoms with Crippen LogP contribution in [0.1, 0.15) is 30.0 Å². The molecule has 1 heterocycles. The summed E-state index contributed by atoms with van der Waals surface area (Å²) < 4.78 is 0. The largest absolute Gasteiger partial charge is 0.505 e. The summed E-state index contributed by atoms with van der Waals surface area (Å²) in [6, 6.07) is 9.41. The van der Waals surface area contributed by atoms with E-state index in [9.17, 15) is 10.3 Å². The first-order chi connectivity index (χ1) is 13.4. The first-order valence-electron chi connectivity index (χ1n) is 8.75. The summed E-state index contributed by atoms with van der Waals surface area (Å²) in [6.45, 7) is 4.11. The van der Waals surface area contributed by atoms with Crippen molar-refractivity contribution in [3.8, 4) is 27.3 Å². The van der Waals surface area contributed by atoms with Crippen LogP contribution in [0.2, 0.25) is 10.0 Å². The number of halogens is 2. The number of phenolic OH excluding ortho intramolecular Hbond substituents is 1. The first kappa shape index (κ1) is 20.5. The van der Waals surface area contributed by atoms with Gasteiger partial charge >= 0.3 is 0 Å². The maximum Gasteiger partial charge on any atom is 0.170 e. The average molecular weight is 435 g/mol. The fourth-order valence-corrected chi connectivity index (χ4v) is 4.70. The van der Waals surface area contributed by atoms with Gasteiger partial charge in [-0.05, 0) is 65.2 Å². The molecule has 0 spiro atoms. The second kappa shape index (κ2) is 8.43. The molecule has 146 valence electrons. The van der Waals surface area contributed by atoms with Crippen molar-refractivity contribution in [2.24, 2.45) is 10.9 Å². The molecule has 0 unspecified atom stereocenters. The van der Waals surface area contributed by atoms with Gasteiger partial charge < -0.3 is 16.0 Å². The molecule has 7 heteroatoms. The molecule has 0 aliphatic rings. The van der Waals surface area contributed by atoms with E-state index < -0.39 is 0 Å². The van der Waals surface area contributed by atoms with Crippen molar-refractivity contribution in [1.82, 2.24) is 0 Å². The van der Waals surface area contributed by atoms with Gasteiger partial charge in [0.05, 0.1) is 10.0 Å². The minimum Gasteiger partial charge on any atom is -0.505 e. The van der Waals surface area contributed by atoms with Gasteiger partial charge in [-0.1, -0.05) is 47.8 Å². The molecule has 0 saturated carbocycles. The van der Waals surface area contributed by atoms with E-state index >= 15 is 0 Å². The van der Waals surface area contributed by atoms with E-state index in [0.29, 0.717) is 5.56 Å². The van der Waals surface area contributed by atoms with Gasteiger partial charge in [0.2, 0.25) is 0 Å². The Balaban J connectivity index is 2.43. The zero-order valence-corrected chi connectivity index (χ0v) is 17.8. The molecule has 0 radical (unpaired) electrons. The zero-order chi connectivity index (χ0) is 20.4. The third-order valence-corrected chi connectivity index (χ3v) is 6.15.